The smallest absolute Gasteiger partial charge is 0.130 e. The first kappa shape index (κ1) is 12.2. The molecular weight excluding hydrogens is 240 g/mol. The number of para-hydroxylation sites is 1. The van der Waals surface area contributed by atoms with Gasteiger partial charge < -0.3 is 9.84 Å². The van der Waals surface area contributed by atoms with Crippen molar-refractivity contribution in [2.45, 2.75) is 32.0 Å². The zero-order chi connectivity index (χ0) is 13.4. The molecule has 0 saturated heterocycles. The summed E-state index contributed by atoms with van der Waals surface area (Å²) in [4.78, 5) is 0. The van der Waals surface area contributed by atoms with E-state index < -0.39 is 6.10 Å². The topological polar surface area (TPSA) is 47.3 Å². The van der Waals surface area contributed by atoms with Crippen LogP contribution in [0.25, 0.3) is 0 Å². The molecule has 4 heteroatoms. The molecule has 3 rings (SSSR count). The third kappa shape index (κ3) is 2.12. The number of aliphatic hydroxyl groups excluding tert-OH is 1. The fourth-order valence-corrected chi connectivity index (χ4v) is 2.68. The van der Waals surface area contributed by atoms with E-state index >= 15 is 0 Å². The van der Waals surface area contributed by atoms with Gasteiger partial charge in [0.05, 0.1) is 11.8 Å². The predicted octanol–water partition coefficient (Wildman–Crippen LogP) is 2.54. The summed E-state index contributed by atoms with van der Waals surface area (Å²) in [5.41, 5.74) is 3.00. The van der Waals surface area contributed by atoms with Crippen LogP contribution in [0.15, 0.2) is 30.5 Å². The highest BCUT2D eigenvalue weighted by Gasteiger charge is 2.30. The number of ether oxygens (including phenoxy) is 1. The summed E-state index contributed by atoms with van der Waals surface area (Å²) < 4.78 is 7.84. The molecule has 1 N–H and O–H groups in total. The van der Waals surface area contributed by atoms with E-state index in [0.29, 0.717) is 6.42 Å². The Kier molecular flexibility index (Phi) is 3.03. The van der Waals surface area contributed by atoms with E-state index in [9.17, 15) is 5.11 Å². The molecule has 1 aromatic heterocycles. The molecule has 19 heavy (non-hydrogen) atoms. The van der Waals surface area contributed by atoms with Crippen LogP contribution in [0.4, 0.5) is 0 Å². The molecule has 1 aliphatic heterocycles. The number of fused-ring (bicyclic) bond motifs is 1. The molecule has 0 saturated carbocycles. The number of aromatic nitrogens is 2. The Hall–Kier alpha value is -1.81. The van der Waals surface area contributed by atoms with Crippen LogP contribution in [-0.2, 0) is 13.5 Å². The van der Waals surface area contributed by atoms with Crippen LogP contribution in [0.5, 0.6) is 5.75 Å². The summed E-state index contributed by atoms with van der Waals surface area (Å²) in [6, 6.07) is 7.68. The fourth-order valence-electron chi connectivity index (χ4n) is 2.68. The Morgan fingerprint density at radius 1 is 1.37 bits per heavy atom. The lowest BCUT2D eigenvalue weighted by atomic mass is 9.95. The maximum absolute atomic E-state index is 10.3. The minimum Gasteiger partial charge on any atom is -0.485 e. The number of aliphatic hydroxyl groups is 1. The van der Waals surface area contributed by atoms with E-state index in [1.165, 1.54) is 0 Å². The number of nitrogens with zero attached hydrogens (tertiary/aromatic N) is 2. The zero-order valence-corrected chi connectivity index (χ0v) is 11.2. The van der Waals surface area contributed by atoms with Crippen LogP contribution < -0.4 is 4.74 Å². The minimum absolute atomic E-state index is 0.117. The SMILES string of the molecule is CCc1nn(C)cc1C1C[C@@H](O)c2ccccc2O1. The van der Waals surface area contributed by atoms with Crippen molar-refractivity contribution >= 4 is 0 Å². The van der Waals surface area contributed by atoms with Crippen molar-refractivity contribution in [1.29, 1.82) is 0 Å². The molecule has 0 spiro atoms. The number of aryl methyl sites for hydroxylation is 2. The molecule has 2 aromatic rings. The Labute approximate surface area is 112 Å². The second kappa shape index (κ2) is 4.70. The molecule has 0 bridgehead atoms. The Morgan fingerprint density at radius 3 is 2.95 bits per heavy atom. The van der Waals surface area contributed by atoms with Gasteiger partial charge in [-0.25, -0.2) is 0 Å². The highest BCUT2D eigenvalue weighted by Crippen LogP contribution is 2.41. The average Bonchev–Trinajstić information content (AvgIpc) is 2.80. The van der Waals surface area contributed by atoms with Crippen molar-refractivity contribution in [2.24, 2.45) is 7.05 Å². The van der Waals surface area contributed by atoms with Crippen LogP contribution in [0.1, 0.15) is 42.4 Å². The van der Waals surface area contributed by atoms with Crippen LogP contribution in [0.2, 0.25) is 0 Å². The number of hydrogen-bond acceptors (Lipinski definition) is 3. The third-order valence-electron chi connectivity index (χ3n) is 3.60. The summed E-state index contributed by atoms with van der Waals surface area (Å²) in [5.74, 6) is 0.775. The summed E-state index contributed by atoms with van der Waals surface area (Å²) in [7, 11) is 1.91. The van der Waals surface area contributed by atoms with Gasteiger partial charge in [-0.15, -0.1) is 0 Å². The number of rotatable bonds is 2. The Balaban J connectivity index is 1.96. The minimum atomic E-state index is -0.472. The molecule has 2 atom stereocenters. The largest absolute Gasteiger partial charge is 0.485 e. The summed E-state index contributed by atoms with van der Waals surface area (Å²) in [6.07, 6.45) is 2.85. The quantitative estimate of drug-likeness (QED) is 0.900. The van der Waals surface area contributed by atoms with Gasteiger partial charge in [-0.3, -0.25) is 4.68 Å². The van der Waals surface area contributed by atoms with Gasteiger partial charge in [0.25, 0.3) is 0 Å². The molecule has 1 aromatic carbocycles. The molecule has 0 amide bonds. The fraction of sp³-hybridized carbons (Fsp3) is 0.400. The number of hydrogen-bond donors (Lipinski definition) is 1. The van der Waals surface area contributed by atoms with Crippen LogP contribution >= 0.6 is 0 Å². The van der Waals surface area contributed by atoms with Crippen molar-refractivity contribution < 1.29 is 9.84 Å². The molecule has 1 unspecified atom stereocenters. The first-order valence-electron chi connectivity index (χ1n) is 6.65. The van der Waals surface area contributed by atoms with Gasteiger partial charge in [0.15, 0.2) is 0 Å². The Morgan fingerprint density at radius 2 is 2.16 bits per heavy atom. The lowest BCUT2D eigenvalue weighted by Crippen LogP contribution is -2.19. The van der Waals surface area contributed by atoms with Gasteiger partial charge in [0.2, 0.25) is 0 Å². The second-order valence-corrected chi connectivity index (χ2v) is 4.95. The normalized spacial score (nSPS) is 21.8. The molecule has 2 heterocycles. The van der Waals surface area contributed by atoms with E-state index in [2.05, 4.69) is 12.0 Å². The summed E-state index contributed by atoms with van der Waals surface area (Å²) >= 11 is 0. The average molecular weight is 258 g/mol. The summed E-state index contributed by atoms with van der Waals surface area (Å²) in [5, 5.41) is 14.7. The zero-order valence-electron chi connectivity index (χ0n) is 11.2. The molecule has 0 fully saturated rings. The van der Waals surface area contributed by atoms with Crippen molar-refractivity contribution in [3.63, 3.8) is 0 Å². The lowest BCUT2D eigenvalue weighted by Gasteiger charge is -2.29. The monoisotopic (exact) mass is 258 g/mol. The maximum Gasteiger partial charge on any atom is 0.130 e. The van der Waals surface area contributed by atoms with Crippen LogP contribution in [0.3, 0.4) is 0 Å². The standard InChI is InChI=1S/C15H18N2O2/c1-3-12-11(9-17(2)16-12)15-8-13(18)10-6-4-5-7-14(10)19-15/h4-7,9,13,15,18H,3,8H2,1-2H3/t13-,15?/m1/s1. The summed E-state index contributed by atoms with van der Waals surface area (Å²) in [6.45, 7) is 2.08. The third-order valence-corrected chi connectivity index (χ3v) is 3.60. The van der Waals surface area contributed by atoms with Crippen LogP contribution in [0, 0.1) is 0 Å². The van der Waals surface area contributed by atoms with Gasteiger partial charge in [-0.1, -0.05) is 25.1 Å². The lowest BCUT2D eigenvalue weighted by molar-refractivity contribution is 0.0653. The van der Waals surface area contributed by atoms with E-state index in [0.717, 1.165) is 29.0 Å². The number of benzene rings is 1. The van der Waals surface area contributed by atoms with Crippen molar-refractivity contribution in [3.05, 3.63) is 47.3 Å². The molecule has 1 aliphatic rings. The van der Waals surface area contributed by atoms with Gasteiger partial charge in [-0.05, 0) is 12.5 Å². The van der Waals surface area contributed by atoms with E-state index in [1.807, 2.05) is 42.2 Å². The van der Waals surface area contributed by atoms with Crippen LogP contribution in [-0.4, -0.2) is 14.9 Å². The Bertz CT molecular complexity index is 592. The van der Waals surface area contributed by atoms with Crippen molar-refractivity contribution in [3.8, 4) is 5.75 Å². The molecule has 0 aliphatic carbocycles. The van der Waals surface area contributed by atoms with Crippen molar-refractivity contribution in [1.82, 2.24) is 9.78 Å². The van der Waals surface area contributed by atoms with Gasteiger partial charge in [0.1, 0.15) is 11.9 Å². The predicted molar refractivity (Wildman–Crippen MR) is 72.0 cm³/mol. The van der Waals surface area contributed by atoms with Gasteiger partial charge >= 0.3 is 0 Å². The first-order valence-corrected chi connectivity index (χ1v) is 6.65. The molecule has 0 radical (unpaired) electrons. The van der Waals surface area contributed by atoms with E-state index in [-0.39, 0.29) is 6.10 Å². The van der Waals surface area contributed by atoms with Crippen molar-refractivity contribution in [2.75, 3.05) is 0 Å². The highest BCUT2D eigenvalue weighted by molar-refractivity contribution is 5.38. The second-order valence-electron chi connectivity index (χ2n) is 4.95. The highest BCUT2D eigenvalue weighted by atomic mass is 16.5. The maximum atomic E-state index is 10.3. The first-order chi connectivity index (χ1) is 9.19. The van der Waals surface area contributed by atoms with E-state index in [4.69, 9.17) is 4.74 Å². The molecule has 4 nitrogen and oxygen atoms in total. The van der Waals surface area contributed by atoms with Gasteiger partial charge in [0, 0.05) is 30.8 Å². The molecule has 100 valence electrons. The molecular formula is C15H18N2O2. The van der Waals surface area contributed by atoms with Gasteiger partial charge in [-0.2, -0.15) is 5.10 Å². The van der Waals surface area contributed by atoms with E-state index in [1.54, 1.807) is 0 Å².